The standard InChI is InChI=1S/C12H26N2/c1-2-11(13)10-14-12-8-6-4-3-5-7-9-12/h11-12,14H,2-10,13H2,1H3. The van der Waals surface area contributed by atoms with Gasteiger partial charge in [-0.1, -0.05) is 39.0 Å². The molecule has 1 saturated carbocycles. The summed E-state index contributed by atoms with van der Waals surface area (Å²) in [7, 11) is 0. The van der Waals surface area contributed by atoms with Crippen LogP contribution < -0.4 is 11.1 Å². The summed E-state index contributed by atoms with van der Waals surface area (Å²) in [5.41, 5.74) is 5.90. The third-order valence-electron chi connectivity index (χ3n) is 3.30. The maximum atomic E-state index is 5.90. The first-order chi connectivity index (χ1) is 6.83. The van der Waals surface area contributed by atoms with E-state index in [0.717, 1.165) is 19.0 Å². The van der Waals surface area contributed by atoms with Gasteiger partial charge in [0.2, 0.25) is 0 Å². The van der Waals surface area contributed by atoms with Crippen LogP contribution >= 0.6 is 0 Å². The lowest BCUT2D eigenvalue weighted by molar-refractivity contribution is 0.378. The second-order valence-corrected chi connectivity index (χ2v) is 4.62. The van der Waals surface area contributed by atoms with Crippen LogP contribution in [0.1, 0.15) is 58.3 Å². The first kappa shape index (κ1) is 12.0. The maximum absolute atomic E-state index is 5.90. The van der Waals surface area contributed by atoms with E-state index < -0.39 is 0 Å². The number of rotatable bonds is 4. The summed E-state index contributed by atoms with van der Waals surface area (Å²) in [5, 5.41) is 3.62. The normalized spacial score (nSPS) is 22.7. The predicted molar refractivity (Wildman–Crippen MR) is 62.4 cm³/mol. The molecule has 2 heteroatoms. The molecule has 1 aliphatic rings. The van der Waals surface area contributed by atoms with Crippen molar-refractivity contribution in [3.05, 3.63) is 0 Å². The van der Waals surface area contributed by atoms with Crippen molar-refractivity contribution >= 4 is 0 Å². The molecule has 0 amide bonds. The zero-order valence-electron chi connectivity index (χ0n) is 9.60. The molecule has 1 unspecified atom stereocenters. The number of nitrogens with one attached hydrogen (secondary N) is 1. The number of hydrogen-bond donors (Lipinski definition) is 2. The average molecular weight is 198 g/mol. The molecule has 1 aliphatic carbocycles. The Morgan fingerprint density at radius 1 is 1.14 bits per heavy atom. The molecule has 0 aliphatic heterocycles. The Labute approximate surface area is 88.6 Å². The Hall–Kier alpha value is -0.0800. The molecule has 0 aromatic carbocycles. The predicted octanol–water partition coefficient (Wildman–Crippen LogP) is 2.43. The van der Waals surface area contributed by atoms with Crippen molar-refractivity contribution in [2.24, 2.45) is 5.73 Å². The Kier molecular flexibility index (Phi) is 6.20. The highest BCUT2D eigenvalue weighted by Gasteiger charge is 2.11. The van der Waals surface area contributed by atoms with Gasteiger partial charge in [-0.3, -0.25) is 0 Å². The largest absolute Gasteiger partial charge is 0.327 e. The first-order valence-electron chi connectivity index (χ1n) is 6.32. The number of nitrogens with two attached hydrogens (primary N) is 1. The van der Waals surface area contributed by atoms with Gasteiger partial charge in [-0.2, -0.15) is 0 Å². The number of hydrogen-bond acceptors (Lipinski definition) is 2. The van der Waals surface area contributed by atoms with Crippen molar-refractivity contribution in [3.63, 3.8) is 0 Å². The zero-order valence-corrected chi connectivity index (χ0v) is 9.60. The fourth-order valence-corrected chi connectivity index (χ4v) is 2.12. The highest BCUT2D eigenvalue weighted by atomic mass is 14.9. The highest BCUT2D eigenvalue weighted by Crippen LogP contribution is 2.16. The van der Waals surface area contributed by atoms with Gasteiger partial charge in [0.25, 0.3) is 0 Å². The van der Waals surface area contributed by atoms with Crippen LogP contribution in [0.2, 0.25) is 0 Å². The minimum Gasteiger partial charge on any atom is -0.327 e. The molecule has 1 atom stereocenters. The molecule has 3 N–H and O–H groups in total. The van der Waals surface area contributed by atoms with Crippen LogP contribution in [0.4, 0.5) is 0 Å². The van der Waals surface area contributed by atoms with E-state index >= 15 is 0 Å². The van der Waals surface area contributed by atoms with Gasteiger partial charge in [-0.15, -0.1) is 0 Å². The Morgan fingerprint density at radius 2 is 1.71 bits per heavy atom. The molecule has 1 rings (SSSR count). The van der Waals surface area contributed by atoms with Crippen LogP contribution in [0.5, 0.6) is 0 Å². The monoisotopic (exact) mass is 198 g/mol. The van der Waals surface area contributed by atoms with E-state index in [-0.39, 0.29) is 0 Å². The van der Waals surface area contributed by atoms with E-state index in [0.29, 0.717) is 6.04 Å². The molecule has 14 heavy (non-hydrogen) atoms. The van der Waals surface area contributed by atoms with Crippen molar-refractivity contribution in [2.75, 3.05) is 6.54 Å². The summed E-state index contributed by atoms with van der Waals surface area (Å²) in [5.74, 6) is 0. The van der Waals surface area contributed by atoms with Crippen LogP contribution in [0.25, 0.3) is 0 Å². The van der Waals surface area contributed by atoms with Crippen molar-refractivity contribution in [2.45, 2.75) is 70.4 Å². The molecule has 2 nitrogen and oxygen atoms in total. The molecular formula is C12H26N2. The van der Waals surface area contributed by atoms with Crippen molar-refractivity contribution in [3.8, 4) is 0 Å². The lowest BCUT2D eigenvalue weighted by Gasteiger charge is -2.22. The fraction of sp³-hybridized carbons (Fsp3) is 1.00. The first-order valence-corrected chi connectivity index (χ1v) is 6.32. The quantitative estimate of drug-likeness (QED) is 0.728. The molecule has 0 bridgehead atoms. The average Bonchev–Trinajstić information content (AvgIpc) is 2.15. The van der Waals surface area contributed by atoms with Gasteiger partial charge in [-0.05, 0) is 19.3 Å². The molecule has 0 radical (unpaired) electrons. The smallest absolute Gasteiger partial charge is 0.0162 e. The fourth-order valence-electron chi connectivity index (χ4n) is 2.12. The summed E-state index contributed by atoms with van der Waals surface area (Å²) in [6.45, 7) is 3.16. The van der Waals surface area contributed by atoms with E-state index in [1.54, 1.807) is 0 Å². The van der Waals surface area contributed by atoms with Gasteiger partial charge in [-0.25, -0.2) is 0 Å². The second kappa shape index (κ2) is 7.24. The van der Waals surface area contributed by atoms with Crippen molar-refractivity contribution in [1.82, 2.24) is 5.32 Å². The molecule has 84 valence electrons. The third kappa shape index (κ3) is 4.97. The second-order valence-electron chi connectivity index (χ2n) is 4.62. The summed E-state index contributed by atoms with van der Waals surface area (Å²) in [6.07, 6.45) is 10.9. The van der Waals surface area contributed by atoms with Crippen LogP contribution in [0.3, 0.4) is 0 Å². The SMILES string of the molecule is CCC(N)CNC1CCCCCCC1. The van der Waals surface area contributed by atoms with E-state index in [1.165, 1.54) is 44.9 Å². The molecule has 0 spiro atoms. The molecule has 0 aromatic rings. The molecular weight excluding hydrogens is 172 g/mol. The summed E-state index contributed by atoms with van der Waals surface area (Å²) >= 11 is 0. The van der Waals surface area contributed by atoms with Gasteiger partial charge < -0.3 is 11.1 Å². The minimum absolute atomic E-state index is 0.348. The van der Waals surface area contributed by atoms with Crippen LogP contribution in [0.15, 0.2) is 0 Å². The lowest BCUT2D eigenvalue weighted by atomic mass is 9.96. The van der Waals surface area contributed by atoms with Gasteiger partial charge in [0.1, 0.15) is 0 Å². The van der Waals surface area contributed by atoms with Crippen molar-refractivity contribution in [1.29, 1.82) is 0 Å². The zero-order chi connectivity index (χ0) is 10.2. The molecule has 1 fully saturated rings. The topological polar surface area (TPSA) is 38.0 Å². The van der Waals surface area contributed by atoms with Gasteiger partial charge in [0.05, 0.1) is 0 Å². The summed E-state index contributed by atoms with van der Waals surface area (Å²) < 4.78 is 0. The Bertz CT molecular complexity index is 128. The van der Waals surface area contributed by atoms with Crippen molar-refractivity contribution < 1.29 is 0 Å². The van der Waals surface area contributed by atoms with E-state index in [2.05, 4.69) is 12.2 Å². The summed E-state index contributed by atoms with van der Waals surface area (Å²) in [6, 6.07) is 1.09. The molecule has 0 aromatic heterocycles. The summed E-state index contributed by atoms with van der Waals surface area (Å²) in [4.78, 5) is 0. The third-order valence-corrected chi connectivity index (χ3v) is 3.30. The van der Waals surface area contributed by atoms with Gasteiger partial charge in [0.15, 0.2) is 0 Å². The van der Waals surface area contributed by atoms with Crippen LogP contribution in [-0.2, 0) is 0 Å². The van der Waals surface area contributed by atoms with Gasteiger partial charge >= 0.3 is 0 Å². The maximum Gasteiger partial charge on any atom is 0.0162 e. The van der Waals surface area contributed by atoms with E-state index in [4.69, 9.17) is 5.73 Å². The molecule has 0 heterocycles. The highest BCUT2D eigenvalue weighted by molar-refractivity contribution is 4.72. The van der Waals surface area contributed by atoms with E-state index in [1.807, 2.05) is 0 Å². The lowest BCUT2D eigenvalue weighted by Crippen LogP contribution is -2.39. The van der Waals surface area contributed by atoms with Crippen LogP contribution in [-0.4, -0.2) is 18.6 Å². The van der Waals surface area contributed by atoms with Crippen LogP contribution in [0, 0.1) is 0 Å². The Balaban J connectivity index is 2.13. The Morgan fingerprint density at radius 3 is 2.29 bits per heavy atom. The minimum atomic E-state index is 0.348. The van der Waals surface area contributed by atoms with Gasteiger partial charge in [0, 0.05) is 18.6 Å². The molecule has 0 saturated heterocycles. The van der Waals surface area contributed by atoms with E-state index in [9.17, 15) is 0 Å².